The summed E-state index contributed by atoms with van der Waals surface area (Å²) in [5.74, 6) is 0.324. The number of benzene rings is 1. The van der Waals surface area contributed by atoms with Gasteiger partial charge in [-0.2, -0.15) is 0 Å². The molecule has 2 heterocycles. The number of ketones is 1. The molecule has 2 aromatic rings. The van der Waals surface area contributed by atoms with Gasteiger partial charge in [-0.3, -0.25) is 19.6 Å². The van der Waals surface area contributed by atoms with Crippen LogP contribution in [0.1, 0.15) is 88.3 Å². The van der Waals surface area contributed by atoms with Crippen molar-refractivity contribution in [3.63, 3.8) is 0 Å². The Hall–Kier alpha value is -2.79. The molecule has 0 saturated heterocycles. The van der Waals surface area contributed by atoms with Crippen LogP contribution in [0, 0.1) is 5.92 Å². The second kappa shape index (κ2) is 13.7. The summed E-state index contributed by atoms with van der Waals surface area (Å²) in [7, 11) is 0. The van der Waals surface area contributed by atoms with Gasteiger partial charge in [0.15, 0.2) is 5.78 Å². The molecule has 5 nitrogen and oxygen atoms in total. The number of hydrogen-bond acceptors (Lipinski definition) is 5. The number of nitrogens with zero attached hydrogens (tertiary/aromatic N) is 2. The molecule has 0 spiro atoms. The highest BCUT2D eigenvalue weighted by molar-refractivity contribution is 6.31. The molecule has 0 N–H and O–H groups in total. The molecule has 2 unspecified atom stereocenters. The van der Waals surface area contributed by atoms with Crippen LogP contribution < -0.4 is 10.4 Å². The van der Waals surface area contributed by atoms with Gasteiger partial charge in [0.05, 0.1) is 5.69 Å². The van der Waals surface area contributed by atoms with Crippen molar-refractivity contribution < 1.29 is 14.3 Å². The molecular weight excluding hydrogens is 484 g/mol. The summed E-state index contributed by atoms with van der Waals surface area (Å²) in [5, 5.41) is 3.22. The lowest BCUT2D eigenvalue weighted by atomic mass is 9.91. The van der Waals surface area contributed by atoms with E-state index in [1.807, 2.05) is 30.6 Å². The predicted molar refractivity (Wildman–Crippen MR) is 149 cm³/mol. The second-order valence-corrected chi connectivity index (χ2v) is 10.7. The Bertz CT molecular complexity index is 1250. The number of pyridine rings is 1. The summed E-state index contributed by atoms with van der Waals surface area (Å²) in [6, 6.07) is 10.2. The number of Topliss-reactive ketones (excluding diaryl/α,β-unsaturated/α-hetero) is 1. The van der Waals surface area contributed by atoms with Crippen molar-refractivity contribution in [1.29, 1.82) is 0 Å². The van der Waals surface area contributed by atoms with Crippen LogP contribution in [0.3, 0.4) is 0 Å². The van der Waals surface area contributed by atoms with Gasteiger partial charge in [-0.15, -0.1) is 0 Å². The molecule has 196 valence electrons. The maximum atomic E-state index is 12.2. The van der Waals surface area contributed by atoms with E-state index in [2.05, 4.69) is 18.2 Å². The number of ether oxygens (including phenoxy) is 1. The van der Waals surface area contributed by atoms with Crippen LogP contribution in [0.2, 0.25) is 5.02 Å². The Morgan fingerprint density at radius 3 is 2.78 bits per heavy atom. The molecule has 1 saturated carbocycles. The molecule has 1 aromatic carbocycles. The fraction of sp³-hybridized carbons (Fsp3) is 0.484. The number of carbonyl (C=O) groups excluding carboxylic acids is 2. The van der Waals surface area contributed by atoms with Crippen molar-refractivity contribution in [1.82, 2.24) is 4.98 Å². The first-order chi connectivity index (χ1) is 18.0. The summed E-state index contributed by atoms with van der Waals surface area (Å²) in [6.07, 6.45) is 16.9. The van der Waals surface area contributed by atoms with Gasteiger partial charge in [0.25, 0.3) is 0 Å². The lowest BCUT2D eigenvalue weighted by molar-refractivity contribution is -0.146. The smallest absolute Gasteiger partial charge is 0.303 e. The quantitative estimate of drug-likeness (QED) is 0.314. The first-order valence-electron chi connectivity index (χ1n) is 13.6. The number of aryl methyl sites for hydroxylation is 1. The predicted octanol–water partition coefficient (Wildman–Crippen LogP) is 5.70. The van der Waals surface area contributed by atoms with E-state index in [-0.39, 0.29) is 12.4 Å². The molecule has 2 aliphatic rings. The van der Waals surface area contributed by atoms with Crippen LogP contribution in [0.4, 0.5) is 0 Å². The second-order valence-electron chi connectivity index (χ2n) is 10.3. The van der Waals surface area contributed by atoms with E-state index in [1.165, 1.54) is 23.4 Å². The largest absolute Gasteiger partial charge is 0.458 e. The van der Waals surface area contributed by atoms with Crippen molar-refractivity contribution >= 4 is 41.3 Å². The Balaban J connectivity index is 1.43. The average Bonchev–Trinajstić information content (AvgIpc) is 3.11. The van der Waals surface area contributed by atoms with Gasteiger partial charge in [-0.05, 0) is 86.6 Å². The zero-order chi connectivity index (χ0) is 26.0. The van der Waals surface area contributed by atoms with E-state index in [4.69, 9.17) is 26.3 Å². The number of esters is 1. The standard InChI is InChI=1S/C31H37ClN2O3/c1-22(35)37-21-28(36)19-23-7-4-11-26(16-15-23)31-29-20-34-27(12-5-9-24(29)17-18-33-31)13-6-10-25-8-2-3-14-30(25)32/h2-3,8-9,14,17-18,20,23,26H,4-7,10-13,15-16,19,21H2,1H3/b24-9+,29-20+,34-27?. The molecule has 1 fully saturated rings. The number of rotatable bonds is 9. The Labute approximate surface area is 224 Å². The maximum absolute atomic E-state index is 12.2. The fourth-order valence-corrected chi connectivity index (χ4v) is 5.79. The van der Waals surface area contributed by atoms with Crippen molar-refractivity contribution in [3.8, 4) is 0 Å². The number of hydrogen-bond donors (Lipinski definition) is 0. The molecule has 0 radical (unpaired) electrons. The van der Waals surface area contributed by atoms with Gasteiger partial charge < -0.3 is 4.74 Å². The molecule has 1 aliphatic carbocycles. The van der Waals surface area contributed by atoms with Gasteiger partial charge >= 0.3 is 5.97 Å². The average molecular weight is 521 g/mol. The molecule has 0 amide bonds. The maximum Gasteiger partial charge on any atom is 0.303 e. The molecule has 2 atom stereocenters. The van der Waals surface area contributed by atoms with Crippen molar-refractivity contribution in [2.75, 3.05) is 6.61 Å². The molecule has 4 rings (SSSR count). The third-order valence-electron chi connectivity index (χ3n) is 7.53. The Morgan fingerprint density at radius 1 is 1.08 bits per heavy atom. The fourth-order valence-electron chi connectivity index (χ4n) is 5.56. The highest BCUT2D eigenvalue weighted by Gasteiger charge is 2.24. The number of carbonyl (C=O) groups is 2. The molecule has 1 aliphatic heterocycles. The first-order valence-corrected chi connectivity index (χ1v) is 14.0. The van der Waals surface area contributed by atoms with E-state index in [1.54, 1.807) is 0 Å². The van der Waals surface area contributed by atoms with E-state index in [0.717, 1.165) is 80.1 Å². The van der Waals surface area contributed by atoms with E-state index >= 15 is 0 Å². The van der Waals surface area contributed by atoms with Gasteiger partial charge in [-0.1, -0.05) is 42.3 Å². The van der Waals surface area contributed by atoms with E-state index in [0.29, 0.717) is 18.3 Å². The molecule has 37 heavy (non-hydrogen) atoms. The normalized spacial score (nSPS) is 21.5. The molecule has 1 aromatic heterocycles. The van der Waals surface area contributed by atoms with Crippen LogP contribution in [-0.4, -0.2) is 29.1 Å². The SMILES string of the molecule is CC(=O)OCC(=O)CC1CCCC(c2nccc3/c2=C\N=C(CCCc2ccccc2Cl)CC/C=3)CC1. The molecular formula is C31H37ClN2O3. The number of fused-ring (bicyclic) bond motifs is 1. The minimum Gasteiger partial charge on any atom is -0.458 e. The van der Waals surface area contributed by atoms with Crippen LogP contribution in [0.5, 0.6) is 0 Å². The Kier molecular flexibility index (Phi) is 10.1. The third-order valence-corrected chi connectivity index (χ3v) is 7.89. The summed E-state index contributed by atoms with van der Waals surface area (Å²) < 4.78 is 4.89. The summed E-state index contributed by atoms with van der Waals surface area (Å²) in [5.41, 5.74) is 3.57. The summed E-state index contributed by atoms with van der Waals surface area (Å²) in [6.45, 7) is 1.23. The van der Waals surface area contributed by atoms with Crippen LogP contribution in [0.25, 0.3) is 12.3 Å². The van der Waals surface area contributed by atoms with Crippen molar-refractivity contribution in [3.05, 3.63) is 63.2 Å². The number of aliphatic imine (C=N–C) groups is 1. The van der Waals surface area contributed by atoms with Crippen LogP contribution >= 0.6 is 11.6 Å². The highest BCUT2D eigenvalue weighted by atomic mass is 35.5. The summed E-state index contributed by atoms with van der Waals surface area (Å²) >= 11 is 6.33. The summed E-state index contributed by atoms with van der Waals surface area (Å²) in [4.78, 5) is 33.0. The highest BCUT2D eigenvalue weighted by Crippen LogP contribution is 2.33. The molecule has 0 bridgehead atoms. The lowest BCUT2D eigenvalue weighted by Crippen LogP contribution is -2.32. The van der Waals surface area contributed by atoms with Gasteiger partial charge in [-0.25, -0.2) is 0 Å². The lowest BCUT2D eigenvalue weighted by Gasteiger charge is -2.16. The zero-order valence-electron chi connectivity index (χ0n) is 21.8. The topological polar surface area (TPSA) is 68.6 Å². The van der Waals surface area contributed by atoms with E-state index in [9.17, 15) is 9.59 Å². The van der Waals surface area contributed by atoms with Crippen LogP contribution in [-0.2, 0) is 20.7 Å². The van der Waals surface area contributed by atoms with Crippen molar-refractivity contribution in [2.24, 2.45) is 10.9 Å². The number of aromatic nitrogens is 1. The minimum atomic E-state index is -0.402. The third kappa shape index (κ3) is 8.10. The monoisotopic (exact) mass is 520 g/mol. The minimum absolute atomic E-state index is 0.0148. The van der Waals surface area contributed by atoms with Gasteiger partial charge in [0, 0.05) is 47.6 Å². The molecule has 6 heteroatoms. The zero-order valence-corrected chi connectivity index (χ0v) is 22.5. The van der Waals surface area contributed by atoms with Gasteiger partial charge in [0.1, 0.15) is 6.61 Å². The van der Waals surface area contributed by atoms with E-state index < -0.39 is 5.97 Å². The Morgan fingerprint density at radius 2 is 1.95 bits per heavy atom. The van der Waals surface area contributed by atoms with Crippen LogP contribution in [0.15, 0.2) is 41.5 Å². The van der Waals surface area contributed by atoms with Crippen molar-refractivity contribution in [2.45, 2.75) is 83.5 Å². The first kappa shape index (κ1) is 27.3. The van der Waals surface area contributed by atoms with Gasteiger partial charge in [0.2, 0.25) is 0 Å². The number of halogens is 1.